The van der Waals surface area contributed by atoms with E-state index in [4.69, 9.17) is 5.73 Å². The Morgan fingerprint density at radius 1 is 1.44 bits per heavy atom. The van der Waals surface area contributed by atoms with Crippen LogP contribution in [0.1, 0.15) is 5.56 Å². The van der Waals surface area contributed by atoms with E-state index in [1.54, 1.807) is 12.1 Å². The van der Waals surface area contributed by atoms with Crippen molar-refractivity contribution in [1.82, 2.24) is 9.97 Å². The molecule has 2 rings (SSSR count). The number of anilines is 2. The summed E-state index contributed by atoms with van der Waals surface area (Å²) in [6.45, 7) is 1.87. The van der Waals surface area contributed by atoms with E-state index in [1.807, 2.05) is 6.92 Å². The number of imidazole rings is 1. The number of rotatable bonds is 3. The largest absolute Gasteiger partial charge is 0.397 e. The molecule has 0 unspecified atom stereocenters. The van der Waals surface area contributed by atoms with E-state index < -0.39 is 10.0 Å². The van der Waals surface area contributed by atoms with Crippen LogP contribution in [0.4, 0.5) is 11.4 Å². The van der Waals surface area contributed by atoms with Crippen LogP contribution in [0.3, 0.4) is 0 Å². The van der Waals surface area contributed by atoms with Gasteiger partial charge in [0.15, 0.2) is 5.03 Å². The van der Waals surface area contributed by atoms with Crippen LogP contribution in [0.25, 0.3) is 0 Å². The SMILES string of the molecule is Cc1cc(N)c(NS(=O)(=O)c2cnc[nH]2)c(Br)c1. The van der Waals surface area contributed by atoms with Gasteiger partial charge >= 0.3 is 0 Å². The van der Waals surface area contributed by atoms with Gasteiger partial charge in [0.2, 0.25) is 0 Å². The molecule has 8 heteroatoms. The number of sulfonamides is 1. The van der Waals surface area contributed by atoms with Gasteiger partial charge in [-0.15, -0.1) is 0 Å². The fourth-order valence-electron chi connectivity index (χ4n) is 1.46. The Morgan fingerprint density at radius 3 is 2.72 bits per heavy atom. The van der Waals surface area contributed by atoms with Crippen molar-refractivity contribution in [3.8, 4) is 0 Å². The number of hydrogen-bond acceptors (Lipinski definition) is 4. The van der Waals surface area contributed by atoms with Crippen LogP contribution in [0.15, 0.2) is 34.2 Å². The minimum Gasteiger partial charge on any atom is -0.397 e. The molecule has 0 spiro atoms. The molecule has 1 aromatic carbocycles. The Labute approximate surface area is 113 Å². The number of aromatic amines is 1. The smallest absolute Gasteiger partial charge is 0.279 e. The van der Waals surface area contributed by atoms with Crippen molar-refractivity contribution in [1.29, 1.82) is 0 Å². The number of halogens is 1. The lowest BCUT2D eigenvalue weighted by Gasteiger charge is -2.11. The van der Waals surface area contributed by atoms with E-state index in [9.17, 15) is 8.42 Å². The van der Waals surface area contributed by atoms with Gasteiger partial charge in [0, 0.05) is 4.47 Å². The molecule has 0 atom stereocenters. The average molecular weight is 331 g/mol. The minimum atomic E-state index is -3.71. The summed E-state index contributed by atoms with van der Waals surface area (Å²) in [7, 11) is -3.71. The molecule has 2 aromatic rings. The molecule has 0 fully saturated rings. The second-order valence-electron chi connectivity index (χ2n) is 3.73. The maximum absolute atomic E-state index is 12.0. The second-order valence-corrected chi connectivity index (χ2v) is 6.24. The zero-order valence-electron chi connectivity index (χ0n) is 9.44. The van der Waals surface area contributed by atoms with Gasteiger partial charge in [0.25, 0.3) is 10.0 Å². The van der Waals surface area contributed by atoms with Crippen LogP contribution >= 0.6 is 15.9 Å². The summed E-state index contributed by atoms with van der Waals surface area (Å²) in [6.07, 6.45) is 2.52. The topological polar surface area (TPSA) is 101 Å². The summed E-state index contributed by atoms with van der Waals surface area (Å²) in [6, 6.07) is 3.47. The minimum absolute atomic E-state index is 0.0191. The highest BCUT2D eigenvalue weighted by molar-refractivity contribution is 9.10. The van der Waals surface area contributed by atoms with Crippen LogP contribution in [-0.4, -0.2) is 18.4 Å². The number of nitrogen functional groups attached to an aromatic ring is 1. The summed E-state index contributed by atoms with van der Waals surface area (Å²) in [5.74, 6) is 0. The van der Waals surface area contributed by atoms with Crippen molar-refractivity contribution >= 4 is 37.3 Å². The average Bonchev–Trinajstić information content (AvgIpc) is 2.77. The maximum atomic E-state index is 12.0. The molecular formula is C10H11BrN4O2S. The van der Waals surface area contributed by atoms with Gasteiger partial charge in [-0.3, -0.25) is 4.72 Å². The molecule has 18 heavy (non-hydrogen) atoms. The lowest BCUT2D eigenvalue weighted by molar-refractivity contribution is 0.598. The number of H-pyrrole nitrogens is 1. The van der Waals surface area contributed by atoms with Crippen molar-refractivity contribution in [2.24, 2.45) is 0 Å². The first kappa shape index (κ1) is 12.9. The van der Waals surface area contributed by atoms with E-state index >= 15 is 0 Å². The zero-order chi connectivity index (χ0) is 13.3. The first-order valence-electron chi connectivity index (χ1n) is 4.97. The number of nitrogens with zero attached hydrogens (tertiary/aromatic N) is 1. The number of nitrogens with one attached hydrogen (secondary N) is 2. The number of aryl methyl sites for hydroxylation is 1. The Hall–Kier alpha value is -1.54. The zero-order valence-corrected chi connectivity index (χ0v) is 11.8. The quantitative estimate of drug-likeness (QED) is 0.747. The molecule has 96 valence electrons. The van der Waals surface area contributed by atoms with E-state index in [0.29, 0.717) is 15.8 Å². The fraction of sp³-hybridized carbons (Fsp3) is 0.100. The van der Waals surface area contributed by atoms with Crippen molar-refractivity contribution in [3.63, 3.8) is 0 Å². The monoisotopic (exact) mass is 330 g/mol. The number of nitrogens with two attached hydrogens (primary N) is 1. The van der Waals surface area contributed by atoms with Crippen LogP contribution in [-0.2, 0) is 10.0 Å². The first-order valence-corrected chi connectivity index (χ1v) is 7.24. The lowest BCUT2D eigenvalue weighted by atomic mass is 10.2. The Morgan fingerprint density at radius 2 is 2.17 bits per heavy atom. The molecule has 0 saturated carbocycles. The first-order chi connectivity index (χ1) is 8.40. The highest BCUT2D eigenvalue weighted by Crippen LogP contribution is 2.31. The van der Waals surface area contributed by atoms with Crippen LogP contribution < -0.4 is 10.5 Å². The maximum Gasteiger partial charge on any atom is 0.279 e. The standard InChI is InChI=1S/C10H11BrN4O2S/c1-6-2-7(11)10(8(12)3-6)15-18(16,17)9-4-13-5-14-9/h2-5,15H,12H2,1H3,(H,13,14). The highest BCUT2D eigenvalue weighted by Gasteiger charge is 2.18. The van der Waals surface area contributed by atoms with Crippen LogP contribution in [0, 0.1) is 6.92 Å². The normalized spacial score (nSPS) is 11.4. The fourth-order valence-corrected chi connectivity index (χ4v) is 3.29. The molecule has 0 radical (unpaired) electrons. The third-order valence-corrected chi connectivity index (χ3v) is 4.16. The molecular weight excluding hydrogens is 320 g/mol. The number of aromatic nitrogens is 2. The summed E-state index contributed by atoms with van der Waals surface area (Å²) in [5, 5.41) is -0.0191. The van der Waals surface area contributed by atoms with Gasteiger partial charge in [-0.25, -0.2) is 4.98 Å². The molecule has 0 aliphatic heterocycles. The molecule has 0 aliphatic carbocycles. The van der Waals surface area contributed by atoms with E-state index in [0.717, 1.165) is 5.56 Å². The second kappa shape index (κ2) is 4.62. The summed E-state index contributed by atoms with van der Waals surface area (Å²) in [4.78, 5) is 6.20. The van der Waals surface area contributed by atoms with E-state index in [-0.39, 0.29) is 5.03 Å². The molecule has 4 N–H and O–H groups in total. The molecule has 0 saturated heterocycles. The predicted molar refractivity (Wildman–Crippen MR) is 72.7 cm³/mol. The molecule has 1 aromatic heterocycles. The Balaban J connectivity index is 2.42. The van der Waals surface area contributed by atoms with E-state index in [2.05, 4.69) is 30.6 Å². The molecule has 6 nitrogen and oxygen atoms in total. The number of hydrogen-bond donors (Lipinski definition) is 3. The molecule has 0 amide bonds. The van der Waals surface area contributed by atoms with Gasteiger partial charge < -0.3 is 10.7 Å². The van der Waals surface area contributed by atoms with Gasteiger partial charge in [-0.2, -0.15) is 8.42 Å². The number of benzene rings is 1. The lowest BCUT2D eigenvalue weighted by Crippen LogP contribution is -2.15. The van der Waals surface area contributed by atoms with Gasteiger partial charge in [0.1, 0.15) is 0 Å². The Kier molecular flexibility index (Phi) is 3.31. The summed E-state index contributed by atoms with van der Waals surface area (Å²) < 4.78 is 27.0. The highest BCUT2D eigenvalue weighted by atomic mass is 79.9. The van der Waals surface area contributed by atoms with Gasteiger partial charge in [-0.05, 0) is 40.5 Å². The van der Waals surface area contributed by atoms with Crippen molar-refractivity contribution in [2.45, 2.75) is 11.9 Å². The van der Waals surface area contributed by atoms with Gasteiger partial charge in [0.05, 0.1) is 23.9 Å². The predicted octanol–water partition coefficient (Wildman–Crippen LogP) is 1.86. The summed E-state index contributed by atoms with van der Waals surface area (Å²) >= 11 is 3.28. The van der Waals surface area contributed by atoms with Gasteiger partial charge in [-0.1, -0.05) is 0 Å². The molecule has 1 heterocycles. The molecule has 0 bridgehead atoms. The summed E-state index contributed by atoms with van der Waals surface area (Å²) in [5.41, 5.74) is 7.40. The third-order valence-electron chi connectivity index (χ3n) is 2.26. The van der Waals surface area contributed by atoms with Crippen LogP contribution in [0.5, 0.6) is 0 Å². The Bertz CT molecular complexity index is 644. The van der Waals surface area contributed by atoms with Crippen molar-refractivity contribution < 1.29 is 8.42 Å². The van der Waals surface area contributed by atoms with Crippen molar-refractivity contribution in [2.75, 3.05) is 10.5 Å². The van der Waals surface area contributed by atoms with Crippen molar-refractivity contribution in [3.05, 3.63) is 34.7 Å². The third kappa shape index (κ3) is 2.49. The van der Waals surface area contributed by atoms with E-state index in [1.165, 1.54) is 12.5 Å². The van der Waals surface area contributed by atoms with Crippen LogP contribution in [0.2, 0.25) is 0 Å². The molecule has 0 aliphatic rings.